The third-order valence-corrected chi connectivity index (χ3v) is 5.60. The maximum absolute atomic E-state index is 12.6. The summed E-state index contributed by atoms with van der Waals surface area (Å²) < 4.78 is 7.00. The smallest absolute Gasteiger partial charge is 0.318 e. The second-order valence-corrected chi connectivity index (χ2v) is 7.60. The first kappa shape index (κ1) is 18.8. The Morgan fingerprint density at radius 3 is 2.79 bits per heavy atom. The summed E-state index contributed by atoms with van der Waals surface area (Å²) >= 11 is 6.09. The van der Waals surface area contributed by atoms with Crippen LogP contribution >= 0.6 is 11.6 Å². The van der Waals surface area contributed by atoms with Crippen molar-refractivity contribution in [3.05, 3.63) is 40.5 Å². The van der Waals surface area contributed by atoms with Gasteiger partial charge in [0, 0.05) is 30.3 Å². The number of urea groups is 1. The van der Waals surface area contributed by atoms with E-state index in [0.29, 0.717) is 35.1 Å². The van der Waals surface area contributed by atoms with Crippen LogP contribution in [0.15, 0.2) is 24.3 Å². The number of ether oxygens (including phenoxy) is 1. The van der Waals surface area contributed by atoms with Gasteiger partial charge in [-0.05, 0) is 25.0 Å². The summed E-state index contributed by atoms with van der Waals surface area (Å²) in [4.78, 5) is 26.5. The first-order valence-corrected chi connectivity index (χ1v) is 9.57. The third kappa shape index (κ3) is 3.45. The molecule has 0 atom stereocenters. The number of benzene rings is 1. The number of aromatic nitrogens is 2. The number of methoxy groups -OCH3 is 1. The highest BCUT2D eigenvalue weighted by atomic mass is 35.5. The van der Waals surface area contributed by atoms with Crippen molar-refractivity contribution < 1.29 is 14.3 Å². The molecule has 1 aliphatic heterocycles. The summed E-state index contributed by atoms with van der Waals surface area (Å²) in [6.07, 6.45) is 1.86. The normalized spacial score (nSPS) is 21.0. The number of nitrogens with one attached hydrogen (secondary N) is 1. The summed E-state index contributed by atoms with van der Waals surface area (Å²) in [5.74, 6) is -0.569. The van der Waals surface area contributed by atoms with E-state index in [2.05, 4.69) is 10.4 Å². The Hall–Kier alpha value is -2.58. The molecule has 0 spiro atoms. The molecular formula is C19H22ClN5O3. The van der Waals surface area contributed by atoms with E-state index in [0.717, 1.165) is 18.4 Å². The van der Waals surface area contributed by atoms with Gasteiger partial charge < -0.3 is 20.7 Å². The van der Waals surface area contributed by atoms with Crippen LogP contribution in [0.4, 0.5) is 4.79 Å². The van der Waals surface area contributed by atoms with Crippen LogP contribution in [-0.4, -0.2) is 52.4 Å². The fraction of sp³-hybridized carbons (Fsp3) is 0.421. The van der Waals surface area contributed by atoms with Crippen molar-refractivity contribution in [2.75, 3.05) is 13.7 Å². The maximum atomic E-state index is 12.6. The Kier molecular flexibility index (Phi) is 4.99. The second kappa shape index (κ2) is 7.44. The molecule has 0 unspecified atom stereocenters. The van der Waals surface area contributed by atoms with Gasteiger partial charge in [-0.25, -0.2) is 4.79 Å². The van der Waals surface area contributed by atoms with Crippen LogP contribution in [0.3, 0.4) is 0 Å². The van der Waals surface area contributed by atoms with Crippen LogP contribution in [0.5, 0.6) is 0 Å². The van der Waals surface area contributed by atoms with E-state index >= 15 is 0 Å². The molecule has 1 fully saturated rings. The minimum atomic E-state index is -0.569. The van der Waals surface area contributed by atoms with Crippen LogP contribution in [0.2, 0.25) is 5.02 Å². The summed E-state index contributed by atoms with van der Waals surface area (Å²) in [7, 11) is 1.68. The Morgan fingerprint density at radius 1 is 1.32 bits per heavy atom. The fourth-order valence-electron chi connectivity index (χ4n) is 3.73. The van der Waals surface area contributed by atoms with E-state index in [1.807, 2.05) is 6.07 Å². The van der Waals surface area contributed by atoms with Gasteiger partial charge in [-0.3, -0.25) is 9.48 Å². The van der Waals surface area contributed by atoms with Gasteiger partial charge in [-0.2, -0.15) is 5.10 Å². The zero-order valence-electron chi connectivity index (χ0n) is 15.5. The number of carbonyl (C=O) groups excluding carboxylic acids is 2. The van der Waals surface area contributed by atoms with Gasteiger partial charge >= 0.3 is 6.03 Å². The molecule has 148 valence electrons. The van der Waals surface area contributed by atoms with Crippen molar-refractivity contribution in [1.29, 1.82) is 0 Å². The van der Waals surface area contributed by atoms with Crippen LogP contribution in [0.1, 0.15) is 28.9 Å². The number of fused-ring (bicyclic) bond motifs is 1. The Labute approximate surface area is 167 Å². The molecule has 0 radical (unpaired) electrons. The number of primary amides is 1. The van der Waals surface area contributed by atoms with Gasteiger partial charge in [-0.15, -0.1) is 0 Å². The highest BCUT2D eigenvalue weighted by Gasteiger charge is 2.34. The molecule has 0 saturated heterocycles. The van der Waals surface area contributed by atoms with Crippen molar-refractivity contribution in [2.24, 2.45) is 5.73 Å². The molecule has 1 aromatic heterocycles. The maximum Gasteiger partial charge on any atom is 0.318 e. The highest BCUT2D eigenvalue weighted by Crippen LogP contribution is 2.30. The molecule has 0 bridgehead atoms. The van der Waals surface area contributed by atoms with Gasteiger partial charge in [-0.1, -0.05) is 23.7 Å². The quantitative estimate of drug-likeness (QED) is 0.814. The molecule has 3 N–H and O–H groups in total. The zero-order chi connectivity index (χ0) is 19.8. The van der Waals surface area contributed by atoms with Crippen molar-refractivity contribution in [3.63, 3.8) is 0 Å². The second-order valence-electron chi connectivity index (χ2n) is 7.17. The summed E-state index contributed by atoms with van der Waals surface area (Å²) in [6.45, 7) is 1.28. The number of hydrogen-bond donors (Lipinski definition) is 2. The van der Waals surface area contributed by atoms with E-state index in [1.54, 1.807) is 34.9 Å². The number of rotatable bonds is 4. The number of halogens is 1. The Bertz CT molecular complexity index is 922. The van der Waals surface area contributed by atoms with Gasteiger partial charge in [0.2, 0.25) is 0 Å². The molecule has 2 aromatic rings. The molecule has 9 heteroatoms. The first-order chi connectivity index (χ1) is 13.5. The average Bonchev–Trinajstić information content (AvgIpc) is 3.03. The lowest BCUT2D eigenvalue weighted by Crippen LogP contribution is -2.53. The van der Waals surface area contributed by atoms with E-state index in [1.165, 1.54) is 0 Å². The Morgan fingerprint density at radius 2 is 2.11 bits per heavy atom. The van der Waals surface area contributed by atoms with E-state index in [4.69, 9.17) is 22.1 Å². The molecule has 1 saturated carbocycles. The Balaban J connectivity index is 1.56. The zero-order valence-corrected chi connectivity index (χ0v) is 16.3. The third-order valence-electron chi connectivity index (χ3n) is 5.37. The molecular weight excluding hydrogens is 382 g/mol. The first-order valence-electron chi connectivity index (χ1n) is 9.20. The van der Waals surface area contributed by atoms with Gasteiger partial charge in [0.1, 0.15) is 5.69 Å². The SMILES string of the molecule is CO[C@H]1C[C@@H](NC(=O)N2CCn3nc(-c4cccc(Cl)c4)c(C(N)=O)c3C2)C1. The van der Waals surface area contributed by atoms with Crippen molar-refractivity contribution in [3.8, 4) is 11.3 Å². The van der Waals surface area contributed by atoms with Crippen LogP contribution in [-0.2, 0) is 17.8 Å². The van der Waals surface area contributed by atoms with E-state index < -0.39 is 5.91 Å². The predicted molar refractivity (Wildman–Crippen MR) is 104 cm³/mol. The van der Waals surface area contributed by atoms with Crippen LogP contribution in [0.25, 0.3) is 11.3 Å². The molecule has 2 aliphatic rings. The molecule has 3 amide bonds. The van der Waals surface area contributed by atoms with Crippen molar-refractivity contribution in [2.45, 2.75) is 38.1 Å². The summed E-state index contributed by atoms with van der Waals surface area (Å²) in [6, 6.07) is 7.11. The van der Waals surface area contributed by atoms with E-state index in [9.17, 15) is 9.59 Å². The average molecular weight is 404 g/mol. The minimum absolute atomic E-state index is 0.127. The molecule has 2 heterocycles. The van der Waals surface area contributed by atoms with Gasteiger partial charge in [0.05, 0.1) is 30.5 Å². The molecule has 4 rings (SSSR count). The van der Waals surface area contributed by atoms with E-state index in [-0.39, 0.29) is 24.7 Å². The molecule has 1 aliphatic carbocycles. The molecule has 1 aromatic carbocycles. The molecule has 8 nitrogen and oxygen atoms in total. The van der Waals surface area contributed by atoms with Crippen molar-refractivity contribution >= 4 is 23.5 Å². The predicted octanol–water partition coefficient (Wildman–Crippen LogP) is 2.00. The fourth-order valence-corrected chi connectivity index (χ4v) is 3.92. The van der Waals surface area contributed by atoms with Crippen LogP contribution < -0.4 is 11.1 Å². The number of nitrogens with zero attached hydrogens (tertiary/aromatic N) is 3. The monoisotopic (exact) mass is 403 g/mol. The van der Waals surface area contributed by atoms with Crippen LogP contribution in [0, 0.1) is 0 Å². The lowest BCUT2D eigenvalue weighted by Gasteiger charge is -2.37. The molecule has 28 heavy (non-hydrogen) atoms. The summed E-state index contributed by atoms with van der Waals surface area (Å²) in [5.41, 5.74) is 7.86. The van der Waals surface area contributed by atoms with Crippen molar-refractivity contribution in [1.82, 2.24) is 20.0 Å². The lowest BCUT2D eigenvalue weighted by atomic mass is 9.89. The number of nitrogens with two attached hydrogens (primary N) is 1. The summed E-state index contributed by atoms with van der Waals surface area (Å²) in [5, 5.41) is 8.14. The largest absolute Gasteiger partial charge is 0.381 e. The number of amides is 3. The number of hydrogen-bond acceptors (Lipinski definition) is 4. The lowest BCUT2D eigenvalue weighted by molar-refractivity contribution is 0.0187. The van der Waals surface area contributed by atoms with Gasteiger partial charge in [0.25, 0.3) is 5.91 Å². The minimum Gasteiger partial charge on any atom is -0.381 e. The number of carbonyl (C=O) groups is 2. The standard InChI is InChI=1S/C19H22ClN5O3/c1-28-14-8-13(9-14)22-19(27)24-5-6-25-15(10-24)16(18(21)26)17(23-25)11-3-2-4-12(20)7-11/h2-4,7,13-14H,5-6,8-10H2,1H3,(H2,21,26)(H,22,27)/t13-,14+. The van der Waals surface area contributed by atoms with Gasteiger partial charge in [0.15, 0.2) is 0 Å². The highest BCUT2D eigenvalue weighted by molar-refractivity contribution is 6.30. The topological polar surface area (TPSA) is 102 Å².